The van der Waals surface area contributed by atoms with Gasteiger partial charge in [0.15, 0.2) is 22.5 Å². The summed E-state index contributed by atoms with van der Waals surface area (Å²) < 4.78 is 14.1. The third-order valence-corrected chi connectivity index (χ3v) is 6.56. The van der Waals surface area contributed by atoms with Crippen LogP contribution in [0.4, 0.5) is 0 Å². The molecular weight excluding hydrogens is 464 g/mol. The Hall–Kier alpha value is -4.18. The first-order chi connectivity index (χ1) is 17.1. The number of thioether (sulfide) groups is 1. The Morgan fingerprint density at radius 2 is 1.63 bits per heavy atom. The van der Waals surface area contributed by atoms with Gasteiger partial charge in [0.2, 0.25) is 0 Å². The molecule has 0 fully saturated rings. The third kappa shape index (κ3) is 4.24. The van der Waals surface area contributed by atoms with E-state index >= 15 is 0 Å². The minimum Gasteiger partial charge on any atom is -0.493 e. The van der Waals surface area contributed by atoms with Crippen molar-refractivity contribution < 1.29 is 9.47 Å². The average Bonchev–Trinajstić information content (AvgIpc) is 3.39. The molecule has 0 amide bonds. The van der Waals surface area contributed by atoms with E-state index in [0.29, 0.717) is 39.1 Å². The number of benzene rings is 3. The van der Waals surface area contributed by atoms with Gasteiger partial charge in [-0.15, -0.1) is 5.10 Å². The zero-order chi connectivity index (χ0) is 24.4. The predicted octanol–water partition coefficient (Wildman–Crippen LogP) is 4.23. The van der Waals surface area contributed by atoms with Crippen LogP contribution in [-0.2, 0) is 0 Å². The van der Waals surface area contributed by atoms with Crippen LogP contribution in [-0.4, -0.2) is 44.0 Å². The van der Waals surface area contributed by atoms with E-state index in [0.717, 1.165) is 5.69 Å². The second kappa shape index (κ2) is 9.59. The standard InChI is InChI=1S/C25H22N6O3S/c1-16(23-27-28-29-31(23)17-9-5-4-6-10-17)35-25-26-20-12-8-7-11-19(20)24(32)30(25)18-13-14-21(33-2)22(15-18)34-3/h4-16H,1-3H3/t16-/m0/s1. The first-order valence-corrected chi connectivity index (χ1v) is 11.7. The lowest BCUT2D eigenvalue weighted by molar-refractivity contribution is 0.354. The summed E-state index contributed by atoms with van der Waals surface area (Å²) in [5.74, 6) is 1.73. The number of ether oxygens (including phenoxy) is 2. The Bertz CT molecular complexity index is 1550. The van der Waals surface area contributed by atoms with Crippen molar-refractivity contribution in [3.05, 3.63) is 89.0 Å². The van der Waals surface area contributed by atoms with Crippen LogP contribution in [0, 0.1) is 0 Å². The van der Waals surface area contributed by atoms with Crippen LogP contribution in [0.2, 0.25) is 0 Å². The fourth-order valence-electron chi connectivity index (χ4n) is 3.79. The van der Waals surface area contributed by atoms with Crippen molar-refractivity contribution in [1.82, 2.24) is 29.8 Å². The van der Waals surface area contributed by atoms with Gasteiger partial charge in [-0.25, -0.2) is 4.98 Å². The predicted molar refractivity (Wildman–Crippen MR) is 134 cm³/mol. The van der Waals surface area contributed by atoms with Gasteiger partial charge in [0.1, 0.15) is 0 Å². The van der Waals surface area contributed by atoms with E-state index < -0.39 is 0 Å². The lowest BCUT2D eigenvalue weighted by Gasteiger charge is -2.17. The summed E-state index contributed by atoms with van der Waals surface area (Å²) in [6.07, 6.45) is 0. The zero-order valence-corrected chi connectivity index (χ0v) is 20.1. The first kappa shape index (κ1) is 22.6. The Balaban J connectivity index is 1.63. The smallest absolute Gasteiger partial charge is 0.266 e. The van der Waals surface area contributed by atoms with E-state index in [1.54, 1.807) is 41.7 Å². The molecule has 0 spiro atoms. The summed E-state index contributed by atoms with van der Waals surface area (Å²) in [5.41, 5.74) is 1.90. The van der Waals surface area contributed by atoms with E-state index in [1.165, 1.54) is 11.8 Å². The number of hydrogen-bond acceptors (Lipinski definition) is 8. The number of rotatable bonds is 7. The summed E-state index contributed by atoms with van der Waals surface area (Å²) in [4.78, 5) is 18.5. The van der Waals surface area contributed by atoms with Crippen molar-refractivity contribution in [2.45, 2.75) is 17.3 Å². The summed E-state index contributed by atoms with van der Waals surface area (Å²) in [6.45, 7) is 1.98. The van der Waals surface area contributed by atoms with Crippen molar-refractivity contribution in [1.29, 1.82) is 0 Å². The van der Waals surface area contributed by atoms with Crippen LogP contribution in [0.15, 0.2) is 82.7 Å². The van der Waals surface area contributed by atoms with Gasteiger partial charge >= 0.3 is 0 Å². The minimum absolute atomic E-state index is 0.180. The van der Waals surface area contributed by atoms with Crippen LogP contribution in [0.25, 0.3) is 22.3 Å². The van der Waals surface area contributed by atoms with Crippen molar-refractivity contribution in [2.24, 2.45) is 0 Å². The van der Waals surface area contributed by atoms with Gasteiger partial charge in [-0.3, -0.25) is 9.36 Å². The second-order valence-corrected chi connectivity index (χ2v) is 8.94. The Labute approximate surface area is 205 Å². The number of methoxy groups -OCH3 is 2. The minimum atomic E-state index is -0.218. The highest BCUT2D eigenvalue weighted by Gasteiger charge is 2.22. The monoisotopic (exact) mass is 486 g/mol. The molecule has 0 saturated heterocycles. The van der Waals surface area contributed by atoms with E-state index in [2.05, 4.69) is 15.5 Å². The van der Waals surface area contributed by atoms with E-state index in [4.69, 9.17) is 14.5 Å². The van der Waals surface area contributed by atoms with E-state index in [9.17, 15) is 4.79 Å². The van der Waals surface area contributed by atoms with Crippen molar-refractivity contribution in [3.8, 4) is 22.9 Å². The average molecular weight is 487 g/mol. The fraction of sp³-hybridized carbons (Fsp3) is 0.160. The first-order valence-electron chi connectivity index (χ1n) is 10.8. The number of hydrogen-bond donors (Lipinski definition) is 0. The van der Waals surface area contributed by atoms with Crippen molar-refractivity contribution >= 4 is 22.7 Å². The molecule has 176 valence electrons. The molecule has 0 saturated carbocycles. The van der Waals surface area contributed by atoms with E-state index in [-0.39, 0.29) is 10.8 Å². The molecule has 3 aromatic carbocycles. The summed E-state index contributed by atoms with van der Waals surface area (Å²) in [5, 5.41) is 13.1. The molecule has 2 aromatic heterocycles. The highest BCUT2D eigenvalue weighted by Crippen LogP contribution is 2.36. The van der Waals surface area contributed by atoms with Gasteiger partial charge in [-0.2, -0.15) is 4.68 Å². The van der Waals surface area contributed by atoms with Crippen LogP contribution < -0.4 is 15.0 Å². The van der Waals surface area contributed by atoms with Gasteiger partial charge in [0, 0.05) is 6.07 Å². The molecule has 9 nitrogen and oxygen atoms in total. The molecular formula is C25H22N6O3S. The Kier molecular flexibility index (Phi) is 6.19. The van der Waals surface area contributed by atoms with Crippen molar-refractivity contribution in [2.75, 3.05) is 14.2 Å². The summed E-state index contributed by atoms with van der Waals surface area (Å²) in [7, 11) is 3.13. The SMILES string of the molecule is COc1ccc(-n2c(S[C@@H](C)c3nnnn3-c3ccccc3)nc3ccccc3c2=O)cc1OC. The number of aromatic nitrogens is 6. The number of nitrogens with zero attached hydrogens (tertiary/aromatic N) is 6. The maximum Gasteiger partial charge on any atom is 0.266 e. The maximum atomic E-state index is 13.7. The molecule has 10 heteroatoms. The molecule has 0 aliphatic carbocycles. The lowest BCUT2D eigenvalue weighted by Crippen LogP contribution is -2.22. The van der Waals surface area contributed by atoms with Gasteiger partial charge < -0.3 is 9.47 Å². The highest BCUT2D eigenvalue weighted by molar-refractivity contribution is 7.99. The van der Waals surface area contributed by atoms with Crippen LogP contribution in [0.3, 0.4) is 0 Å². The molecule has 0 N–H and O–H groups in total. The number of tetrazole rings is 1. The lowest BCUT2D eigenvalue weighted by atomic mass is 10.2. The molecule has 0 bridgehead atoms. The van der Waals surface area contributed by atoms with Crippen LogP contribution in [0.1, 0.15) is 18.0 Å². The molecule has 5 rings (SSSR count). The molecule has 2 heterocycles. The highest BCUT2D eigenvalue weighted by atomic mass is 32.2. The number of fused-ring (bicyclic) bond motifs is 1. The molecule has 35 heavy (non-hydrogen) atoms. The van der Waals surface area contributed by atoms with Crippen LogP contribution >= 0.6 is 11.8 Å². The maximum absolute atomic E-state index is 13.7. The van der Waals surface area contributed by atoms with Gasteiger partial charge in [-0.05, 0) is 53.7 Å². The molecule has 0 aliphatic rings. The van der Waals surface area contributed by atoms with Crippen LogP contribution in [0.5, 0.6) is 11.5 Å². The largest absolute Gasteiger partial charge is 0.493 e. The molecule has 0 unspecified atom stereocenters. The molecule has 0 aliphatic heterocycles. The van der Waals surface area contributed by atoms with Gasteiger partial charge in [0.05, 0.1) is 41.7 Å². The Morgan fingerprint density at radius 3 is 2.40 bits per heavy atom. The Morgan fingerprint density at radius 1 is 0.886 bits per heavy atom. The summed E-state index contributed by atoms with van der Waals surface area (Å²) in [6, 6.07) is 22.3. The second-order valence-electron chi connectivity index (χ2n) is 7.64. The van der Waals surface area contributed by atoms with E-state index in [1.807, 2.05) is 61.5 Å². The summed E-state index contributed by atoms with van der Waals surface area (Å²) >= 11 is 1.40. The molecule has 1 atom stereocenters. The topological polar surface area (TPSA) is 97.0 Å². The molecule has 5 aromatic rings. The molecule has 0 radical (unpaired) electrons. The van der Waals surface area contributed by atoms with Gasteiger partial charge in [0.25, 0.3) is 5.56 Å². The number of para-hydroxylation sites is 2. The third-order valence-electron chi connectivity index (χ3n) is 5.51. The van der Waals surface area contributed by atoms with Crippen molar-refractivity contribution in [3.63, 3.8) is 0 Å². The zero-order valence-electron chi connectivity index (χ0n) is 19.3. The van der Waals surface area contributed by atoms with Gasteiger partial charge in [-0.1, -0.05) is 42.1 Å². The quantitative estimate of drug-likeness (QED) is 0.249. The fourth-order valence-corrected chi connectivity index (χ4v) is 4.81. The normalized spacial score (nSPS) is 12.0.